The Hall–Kier alpha value is -2.92. The van der Waals surface area contributed by atoms with Gasteiger partial charge < -0.3 is 10.0 Å². The average molecular weight is 464 g/mol. The summed E-state index contributed by atoms with van der Waals surface area (Å²) in [7, 11) is 1.87. The quantitative estimate of drug-likeness (QED) is 0.309. The first-order valence-corrected chi connectivity index (χ1v) is 12.5. The van der Waals surface area contributed by atoms with Gasteiger partial charge in [-0.3, -0.25) is 9.59 Å². The average Bonchev–Trinajstić information content (AvgIpc) is 3.21. The molecule has 0 fully saturated rings. The molecule has 0 aliphatic carbocycles. The molecule has 0 unspecified atom stereocenters. The van der Waals surface area contributed by atoms with E-state index in [2.05, 4.69) is 43.3 Å². The summed E-state index contributed by atoms with van der Waals surface area (Å²) < 4.78 is 0. The Kier molecular flexibility index (Phi) is 9.25. The van der Waals surface area contributed by atoms with Crippen LogP contribution in [0.2, 0.25) is 0 Å². The molecule has 0 saturated heterocycles. The molecule has 174 valence electrons. The molecule has 0 radical (unpaired) electrons. The number of aliphatic carboxylic acids is 1. The molecule has 3 aromatic rings. The highest BCUT2D eigenvalue weighted by molar-refractivity contribution is 7.15. The zero-order chi connectivity index (χ0) is 23.6. The van der Waals surface area contributed by atoms with E-state index in [0.717, 1.165) is 41.7 Å². The second-order valence-corrected chi connectivity index (χ2v) is 9.67. The summed E-state index contributed by atoms with van der Waals surface area (Å²) in [5.74, 6) is -0.589. The third-order valence-electron chi connectivity index (χ3n) is 5.71. The van der Waals surface area contributed by atoms with E-state index in [0.29, 0.717) is 19.4 Å². The van der Waals surface area contributed by atoms with Crippen LogP contribution < -0.4 is 0 Å². The molecule has 0 aliphatic rings. The maximum absolute atomic E-state index is 12.4. The Bertz CT molecular complexity index is 1060. The Morgan fingerprint density at radius 3 is 2.42 bits per heavy atom. The SMILES string of the molecule is CCCCCC(=O)N(C)Cc1cccc(-c2sc(CCC(=O)O)cc2Cc2ccccc2)c1. The summed E-state index contributed by atoms with van der Waals surface area (Å²) in [6, 6.07) is 20.9. The predicted octanol–water partition coefficient (Wildman–Crippen LogP) is 6.56. The highest BCUT2D eigenvalue weighted by atomic mass is 32.1. The lowest BCUT2D eigenvalue weighted by atomic mass is 10.0. The van der Waals surface area contributed by atoms with Crippen LogP contribution >= 0.6 is 11.3 Å². The number of carboxylic acids is 1. The first-order valence-electron chi connectivity index (χ1n) is 11.7. The number of aryl methyl sites for hydroxylation is 1. The van der Waals surface area contributed by atoms with Gasteiger partial charge in [-0.15, -0.1) is 11.3 Å². The number of nitrogens with zero attached hydrogens (tertiary/aromatic N) is 1. The van der Waals surface area contributed by atoms with Crippen molar-refractivity contribution in [2.75, 3.05) is 7.05 Å². The first kappa shape index (κ1) is 24.7. The van der Waals surface area contributed by atoms with Crippen LogP contribution in [0.3, 0.4) is 0 Å². The molecular formula is C28H33NO3S. The van der Waals surface area contributed by atoms with E-state index in [9.17, 15) is 9.59 Å². The Morgan fingerprint density at radius 1 is 0.939 bits per heavy atom. The smallest absolute Gasteiger partial charge is 0.303 e. The van der Waals surface area contributed by atoms with Gasteiger partial charge in [-0.05, 0) is 53.6 Å². The van der Waals surface area contributed by atoms with E-state index in [1.807, 2.05) is 36.2 Å². The second kappa shape index (κ2) is 12.4. The van der Waals surface area contributed by atoms with Crippen LogP contribution in [-0.2, 0) is 29.0 Å². The normalized spacial score (nSPS) is 10.8. The fourth-order valence-corrected chi connectivity index (χ4v) is 5.10. The van der Waals surface area contributed by atoms with Gasteiger partial charge in [0, 0.05) is 29.8 Å². The largest absolute Gasteiger partial charge is 0.481 e. The number of hydrogen-bond acceptors (Lipinski definition) is 3. The van der Waals surface area contributed by atoms with Crippen LogP contribution in [0.25, 0.3) is 10.4 Å². The number of rotatable bonds is 12. The standard InChI is InChI=1S/C28H33NO3S/c1-3-4-6-14-26(30)29(2)20-22-12-9-13-23(18-22)28-24(17-21-10-7-5-8-11-21)19-25(33-28)15-16-27(31)32/h5,7-13,18-19H,3-4,6,14-17,20H2,1-2H3,(H,31,32). The maximum Gasteiger partial charge on any atom is 0.303 e. The molecule has 5 heteroatoms. The molecule has 0 atom stereocenters. The minimum absolute atomic E-state index is 0.135. The van der Waals surface area contributed by atoms with Crippen molar-refractivity contribution in [2.45, 2.75) is 58.4 Å². The van der Waals surface area contributed by atoms with Crippen LogP contribution in [0, 0.1) is 0 Å². The van der Waals surface area contributed by atoms with Crippen molar-refractivity contribution in [2.24, 2.45) is 0 Å². The third-order valence-corrected chi connectivity index (χ3v) is 7.00. The Morgan fingerprint density at radius 2 is 1.70 bits per heavy atom. The van der Waals surface area contributed by atoms with Crippen molar-refractivity contribution in [3.63, 3.8) is 0 Å². The van der Waals surface area contributed by atoms with Gasteiger partial charge in [0.15, 0.2) is 0 Å². The number of thiophene rings is 1. The fraction of sp³-hybridized carbons (Fsp3) is 0.357. The summed E-state index contributed by atoms with van der Waals surface area (Å²) in [5.41, 5.74) is 4.67. The van der Waals surface area contributed by atoms with Gasteiger partial charge in [-0.1, -0.05) is 68.3 Å². The van der Waals surface area contributed by atoms with Gasteiger partial charge in [0.05, 0.1) is 6.42 Å². The van der Waals surface area contributed by atoms with E-state index in [-0.39, 0.29) is 12.3 Å². The van der Waals surface area contributed by atoms with Gasteiger partial charge in [-0.2, -0.15) is 0 Å². The number of carbonyl (C=O) groups is 2. The zero-order valence-corrected chi connectivity index (χ0v) is 20.4. The minimum atomic E-state index is -0.775. The van der Waals surface area contributed by atoms with E-state index in [1.165, 1.54) is 16.0 Å². The molecule has 1 amide bonds. The van der Waals surface area contributed by atoms with E-state index in [4.69, 9.17) is 5.11 Å². The topological polar surface area (TPSA) is 57.6 Å². The molecular weight excluding hydrogens is 430 g/mol. The number of amides is 1. The zero-order valence-electron chi connectivity index (χ0n) is 19.5. The molecule has 0 aliphatic heterocycles. The van der Waals surface area contributed by atoms with Crippen molar-refractivity contribution in [3.05, 3.63) is 82.2 Å². The van der Waals surface area contributed by atoms with Crippen LogP contribution in [0.1, 0.15) is 60.6 Å². The predicted molar refractivity (Wildman–Crippen MR) is 136 cm³/mol. The van der Waals surface area contributed by atoms with Crippen LogP contribution in [0.4, 0.5) is 0 Å². The number of carbonyl (C=O) groups excluding carboxylic acids is 1. The molecule has 1 aromatic heterocycles. The minimum Gasteiger partial charge on any atom is -0.481 e. The van der Waals surface area contributed by atoms with Crippen LogP contribution in [0.15, 0.2) is 60.7 Å². The van der Waals surface area contributed by atoms with Crippen molar-refractivity contribution >= 4 is 23.2 Å². The molecule has 33 heavy (non-hydrogen) atoms. The number of carboxylic acid groups (broad SMARTS) is 1. The molecule has 3 rings (SSSR count). The lowest BCUT2D eigenvalue weighted by molar-refractivity contribution is -0.137. The lowest BCUT2D eigenvalue weighted by Gasteiger charge is -2.18. The third kappa shape index (κ3) is 7.57. The molecule has 4 nitrogen and oxygen atoms in total. The molecule has 1 heterocycles. The lowest BCUT2D eigenvalue weighted by Crippen LogP contribution is -2.25. The van der Waals surface area contributed by atoms with E-state index >= 15 is 0 Å². The second-order valence-electron chi connectivity index (χ2n) is 8.53. The van der Waals surface area contributed by atoms with Crippen molar-refractivity contribution in [3.8, 4) is 10.4 Å². The first-order chi connectivity index (χ1) is 16.0. The van der Waals surface area contributed by atoms with E-state index < -0.39 is 5.97 Å². The molecule has 0 bridgehead atoms. The number of hydrogen-bond donors (Lipinski definition) is 1. The summed E-state index contributed by atoms with van der Waals surface area (Å²) in [5, 5.41) is 9.11. The van der Waals surface area contributed by atoms with Crippen molar-refractivity contribution in [1.29, 1.82) is 0 Å². The van der Waals surface area contributed by atoms with Crippen LogP contribution in [-0.4, -0.2) is 28.9 Å². The van der Waals surface area contributed by atoms with Crippen LogP contribution in [0.5, 0.6) is 0 Å². The molecule has 2 aromatic carbocycles. The highest BCUT2D eigenvalue weighted by Crippen LogP contribution is 2.35. The van der Waals surface area contributed by atoms with E-state index in [1.54, 1.807) is 11.3 Å². The summed E-state index contributed by atoms with van der Waals surface area (Å²) in [4.78, 5) is 27.6. The van der Waals surface area contributed by atoms with Crippen molar-refractivity contribution in [1.82, 2.24) is 4.90 Å². The van der Waals surface area contributed by atoms with Gasteiger partial charge in [-0.25, -0.2) is 0 Å². The Labute approximate surface area is 200 Å². The van der Waals surface area contributed by atoms with Gasteiger partial charge >= 0.3 is 5.97 Å². The van der Waals surface area contributed by atoms with Gasteiger partial charge in [0.2, 0.25) is 5.91 Å². The van der Waals surface area contributed by atoms with Crippen molar-refractivity contribution < 1.29 is 14.7 Å². The van der Waals surface area contributed by atoms with Gasteiger partial charge in [0.1, 0.15) is 0 Å². The molecule has 0 spiro atoms. The monoisotopic (exact) mass is 463 g/mol. The molecule has 1 N–H and O–H groups in total. The number of unbranched alkanes of at least 4 members (excludes halogenated alkanes) is 2. The summed E-state index contributed by atoms with van der Waals surface area (Å²) >= 11 is 1.68. The maximum atomic E-state index is 12.4. The highest BCUT2D eigenvalue weighted by Gasteiger charge is 2.15. The fourth-order valence-electron chi connectivity index (χ4n) is 3.92. The Balaban J connectivity index is 1.82. The van der Waals surface area contributed by atoms with Gasteiger partial charge in [0.25, 0.3) is 0 Å². The summed E-state index contributed by atoms with van der Waals surface area (Å²) in [6.45, 7) is 2.73. The molecule has 0 saturated carbocycles. The number of benzene rings is 2. The summed E-state index contributed by atoms with van der Waals surface area (Å²) in [6.07, 6.45) is 5.22.